The molecule has 0 heterocycles. The first kappa shape index (κ1) is 41.8. The van der Waals surface area contributed by atoms with E-state index >= 15 is 0 Å². The van der Waals surface area contributed by atoms with Crippen LogP contribution in [0.2, 0.25) is 0 Å². The van der Waals surface area contributed by atoms with Crippen molar-refractivity contribution in [3.8, 4) is 0 Å². The molecule has 1 unspecified atom stereocenters. The van der Waals surface area contributed by atoms with Gasteiger partial charge in [0, 0.05) is 23.3 Å². The van der Waals surface area contributed by atoms with Crippen LogP contribution in [0, 0.1) is 0 Å². The predicted octanol–water partition coefficient (Wildman–Crippen LogP) is 4.11. The van der Waals surface area contributed by atoms with Gasteiger partial charge < -0.3 is 39.2 Å². The molecule has 43 heavy (non-hydrogen) atoms. The summed E-state index contributed by atoms with van der Waals surface area (Å²) in [4.78, 5) is 33.9. The molecule has 1 aromatic carbocycles. The number of benzene rings is 1. The second-order valence-electron chi connectivity index (χ2n) is 9.50. The van der Waals surface area contributed by atoms with Gasteiger partial charge in [0.05, 0.1) is 26.4 Å². The second kappa shape index (κ2) is 27.5. The van der Waals surface area contributed by atoms with Crippen LogP contribution >= 0.6 is 0 Å². The number of rotatable bonds is 20. The SMILES string of the molecule is C=C(C)C(=O)OCC(OCC)OCCOCCO.C=C(CCCN(C)C)C(=O)O.CC(=CCCc1ccccc1)C(=O)O. The van der Waals surface area contributed by atoms with E-state index in [0.29, 0.717) is 43.0 Å². The summed E-state index contributed by atoms with van der Waals surface area (Å²) < 4.78 is 20.5. The maximum Gasteiger partial charge on any atom is 0.333 e. The summed E-state index contributed by atoms with van der Waals surface area (Å²) in [6, 6.07) is 10.0. The predicted molar refractivity (Wildman–Crippen MR) is 166 cm³/mol. The zero-order chi connectivity index (χ0) is 33.0. The molecule has 1 atom stereocenters. The maximum atomic E-state index is 11.2. The molecule has 0 amide bonds. The number of allylic oxidation sites excluding steroid dienone is 1. The number of nitrogens with zero attached hydrogens (tertiary/aromatic N) is 1. The summed E-state index contributed by atoms with van der Waals surface area (Å²) in [5.41, 5.74) is 2.28. The third-order valence-electron chi connectivity index (χ3n) is 5.27. The molecule has 0 spiro atoms. The molecule has 1 aromatic rings. The van der Waals surface area contributed by atoms with E-state index in [-0.39, 0.29) is 19.8 Å². The lowest BCUT2D eigenvalue weighted by Crippen LogP contribution is -2.27. The molecule has 0 radical (unpaired) electrons. The van der Waals surface area contributed by atoms with Crippen LogP contribution in [-0.4, -0.2) is 105 Å². The van der Waals surface area contributed by atoms with Crippen LogP contribution in [-0.2, 0) is 39.8 Å². The highest BCUT2D eigenvalue weighted by atomic mass is 16.7. The van der Waals surface area contributed by atoms with E-state index in [0.717, 1.165) is 25.8 Å². The summed E-state index contributed by atoms with van der Waals surface area (Å²) in [6.45, 7) is 14.2. The van der Waals surface area contributed by atoms with Crippen LogP contribution in [0.25, 0.3) is 0 Å². The molecule has 0 saturated heterocycles. The molecule has 0 aromatic heterocycles. The highest BCUT2D eigenvalue weighted by molar-refractivity contribution is 5.87. The van der Waals surface area contributed by atoms with Gasteiger partial charge in [0.15, 0.2) is 6.29 Å². The van der Waals surface area contributed by atoms with Crippen molar-refractivity contribution < 1.29 is 48.7 Å². The summed E-state index contributed by atoms with van der Waals surface area (Å²) in [5, 5.41) is 25.5. The molecular weight excluding hydrogens is 558 g/mol. The normalized spacial score (nSPS) is 11.4. The van der Waals surface area contributed by atoms with Gasteiger partial charge in [-0.2, -0.15) is 0 Å². The fraction of sp³-hybridized carbons (Fsp3) is 0.531. The average Bonchev–Trinajstić information content (AvgIpc) is 2.96. The van der Waals surface area contributed by atoms with Crippen molar-refractivity contribution in [1.82, 2.24) is 4.90 Å². The minimum atomic E-state index is -0.885. The molecule has 11 heteroatoms. The number of carbonyl (C=O) groups excluding carboxylic acids is 1. The molecule has 0 aliphatic rings. The fourth-order valence-electron chi connectivity index (χ4n) is 2.91. The van der Waals surface area contributed by atoms with E-state index in [1.165, 1.54) is 5.56 Å². The second-order valence-corrected chi connectivity index (χ2v) is 9.50. The molecule has 0 saturated carbocycles. The van der Waals surface area contributed by atoms with Crippen molar-refractivity contribution in [2.24, 2.45) is 0 Å². The Hall–Kier alpha value is -3.35. The van der Waals surface area contributed by atoms with Crippen molar-refractivity contribution in [2.45, 2.75) is 52.7 Å². The van der Waals surface area contributed by atoms with Crippen LogP contribution in [0.15, 0.2) is 66.3 Å². The van der Waals surface area contributed by atoms with Crippen molar-refractivity contribution in [3.05, 3.63) is 71.8 Å². The summed E-state index contributed by atoms with van der Waals surface area (Å²) in [7, 11) is 3.92. The Morgan fingerprint density at radius 1 is 0.977 bits per heavy atom. The zero-order valence-corrected chi connectivity index (χ0v) is 26.4. The number of aliphatic hydroxyl groups is 1. The Labute approximate surface area is 256 Å². The van der Waals surface area contributed by atoms with Gasteiger partial charge in [0.2, 0.25) is 0 Å². The van der Waals surface area contributed by atoms with Gasteiger partial charge in [0.25, 0.3) is 0 Å². The first-order valence-corrected chi connectivity index (χ1v) is 14.1. The Balaban J connectivity index is 0. The van der Waals surface area contributed by atoms with E-state index in [1.807, 2.05) is 56.3 Å². The number of carboxylic acids is 2. The van der Waals surface area contributed by atoms with Crippen LogP contribution < -0.4 is 0 Å². The van der Waals surface area contributed by atoms with E-state index in [1.54, 1.807) is 19.9 Å². The number of ether oxygens (including phenoxy) is 4. The van der Waals surface area contributed by atoms with Gasteiger partial charge in [-0.3, -0.25) is 0 Å². The number of aliphatic hydroxyl groups excluding tert-OH is 1. The van der Waals surface area contributed by atoms with E-state index < -0.39 is 24.2 Å². The quantitative estimate of drug-likeness (QED) is 0.0847. The van der Waals surface area contributed by atoms with Gasteiger partial charge in [-0.1, -0.05) is 49.6 Å². The highest BCUT2D eigenvalue weighted by Gasteiger charge is 2.12. The van der Waals surface area contributed by atoms with Crippen molar-refractivity contribution in [3.63, 3.8) is 0 Å². The number of esters is 1. The lowest BCUT2D eigenvalue weighted by Gasteiger charge is -2.17. The zero-order valence-electron chi connectivity index (χ0n) is 26.4. The Kier molecular flexibility index (Phi) is 26.7. The largest absolute Gasteiger partial charge is 0.478 e. The van der Waals surface area contributed by atoms with Crippen LogP contribution in [0.3, 0.4) is 0 Å². The first-order valence-electron chi connectivity index (χ1n) is 14.1. The monoisotopic (exact) mass is 609 g/mol. The minimum absolute atomic E-state index is 0.0134. The third-order valence-corrected chi connectivity index (χ3v) is 5.27. The molecule has 244 valence electrons. The molecule has 0 aliphatic carbocycles. The topological polar surface area (TPSA) is 152 Å². The van der Waals surface area contributed by atoms with Gasteiger partial charge in [-0.05, 0) is 72.7 Å². The number of carboxylic acid groups (broad SMARTS) is 2. The first-order chi connectivity index (χ1) is 20.3. The van der Waals surface area contributed by atoms with Crippen LogP contribution in [0.1, 0.15) is 45.6 Å². The number of aliphatic carboxylic acids is 2. The molecule has 0 fully saturated rings. The summed E-state index contributed by atoms with van der Waals surface area (Å²) >= 11 is 0. The highest BCUT2D eigenvalue weighted by Crippen LogP contribution is 2.05. The standard InChI is InChI=1S/C12H22O6.C12H14O2.C8H15NO2/c1-4-16-11(9-18-12(14)10(2)3)17-8-7-15-6-5-13;1-10(12(13)14)6-5-9-11-7-3-2-4-8-11;1-7(8(10)11)5-4-6-9(2)3/h11,13H,2,4-9H2,1,3H3;2-4,6-8H,5,9H2,1H3,(H,13,14);1,4-6H2,2-3H3,(H,10,11). The maximum absolute atomic E-state index is 11.2. The number of carbonyl (C=O) groups is 3. The third kappa shape index (κ3) is 27.2. The molecule has 3 N–H and O–H groups in total. The molecular formula is C32H51NO10. The summed E-state index contributed by atoms with van der Waals surface area (Å²) in [6.07, 6.45) is 4.25. The smallest absolute Gasteiger partial charge is 0.333 e. The minimum Gasteiger partial charge on any atom is -0.478 e. The van der Waals surface area contributed by atoms with Gasteiger partial charge in [-0.15, -0.1) is 0 Å². The molecule has 1 rings (SSSR count). The number of hydrogen-bond donors (Lipinski definition) is 3. The van der Waals surface area contributed by atoms with Gasteiger partial charge >= 0.3 is 17.9 Å². The van der Waals surface area contributed by atoms with Crippen molar-refractivity contribution >= 4 is 17.9 Å². The van der Waals surface area contributed by atoms with Crippen LogP contribution in [0.5, 0.6) is 0 Å². The van der Waals surface area contributed by atoms with Crippen molar-refractivity contribution in [2.75, 3.05) is 60.3 Å². The fourth-order valence-corrected chi connectivity index (χ4v) is 2.91. The summed E-state index contributed by atoms with van der Waals surface area (Å²) in [5.74, 6) is -2.19. The Morgan fingerprint density at radius 3 is 2.14 bits per heavy atom. The lowest BCUT2D eigenvalue weighted by molar-refractivity contribution is -0.182. The van der Waals surface area contributed by atoms with Crippen LogP contribution in [0.4, 0.5) is 0 Å². The van der Waals surface area contributed by atoms with Crippen molar-refractivity contribution in [1.29, 1.82) is 0 Å². The van der Waals surface area contributed by atoms with E-state index in [9.17, 15) is 14.4 Å². The van der Waals surface area contributed by atoms with E-state index in [4.69, 9.17) is 34.3 Å². The number of aryl methyl sites for hydroxylation is 1. The molecule has 0 aliphatic heterocycles. The Bertz CT molecular complexity index is 960. The van der Waals surface area contributed by atoms with Gasteiger partial charge in [-0.25, -0.2) is 14.4 Å². The number of hydrogen-bond acceptors (Lipinski definition) is 9. The van der Waals surface area contributed by atoms with E-state index in [2.05, 4.69) is 13.2 Å². The average molecular weight is 610 g/mol. The molecule has 0 bridgehead atoms. The van der Waals surface area contributed by atoms with Gasteiger partial charge in [0.1, 0.15) is 6.61 Å². The lowest BCUT2D eigenvalue weighted by atomic mass is 10.1. The Morgan fingerprint density at radius 2 is 1.63 bits per heavy atom. The molecule has 11 nitrogen and oxygen atoms in total.